The third kappa shape index (κ3) is 4.92. The van der Waals surface area contributed by atoms with E-state index >= 15 is 0 Å². The summed E-state index contributed by atoms with van der Waals surface area (Å²) in [6, 6.07) is 10.5. The highest BCUT2D eigenvalue weighted by atomic mass is 16.5. The van der Waals surface area contributed by atoms with Crippen molar-refractivity contribution < 1.29 is 24.1 Å². The van der Waals surface area contributed by atoms with Gasteiger partial charge in [-0.3, -0.25) is 4.79 Å². The van der Waals surface area contributed by atoms with E-state index in [4.69, 9.17) is 14.2 Å². The van der Waals surface area contributed by atoms with Gasteiger partial charge in [-0.25, -0.2) is 0 Å². The molecule has 0 aliphatic rings. The number of amides is 1. The van der Waals surface area contributed by atoms with E-state index in [1.807, 2.05) is 12.1 Å². The summed E-state index contributed by atoms with van der Waals surface area (Å²) in [6.07, 6.45) is 3.57. The first-order valence-corrected chi connectivity index (χ1v) is 8.11. The Morgan fingerprint density at radius 2 is 1.73 bits per heavy atom. The summed E-state index contributed by atoms with van der Waals surface area (Å²) in [5, 5.41) is 12.5. The van der Waals surface area contributed by atoms with E-state index in [-0.39, 0.29) is 11.7 Å². The first-order chi connectivity index (χ1) is 12.6. The smallest absolute Gasteiger partial charge is 0.244 e. The number of phenolic OH excluding ortho intramolecular Hbond substituents is 1. The lowest BCUT2D eigenvalue weighted by atomic mass is 10.1. The van der Waals surface area contributed by atoms with Crippen LogP contribution in [0, 0.1) is 0 Å². The minimum atomic E-state index is -0.235. The maximum Gasteiger partial charge on any atom is 0.244 e. The predicted molar refractivity (Wildman–Crippen MR) is 100.0 cm³/mol. The van der Waals surface area contributed by atoms with Gasteiger partial charge in [0.15, 0.2) is 11.5 Å². The van der Waals surface area contributed by atoms with E-state index in [1.54, 1.807) is 51.7 Å². The number of nitrogens with one attached hydrogen (secondary N) is 1. The SMILES string of the molecule is COc1cc(CCNC(=O)/C=C/c2ccccc2O)cc(OC)c1OC. The number of methoxy groups -OCH3 is 3. The molecule has 0 heterocycles. The molecule has 0 spiro atoms. The summed E-state index contributed by atoms with van der Waals surface area (Å²) in [5.74, 6) is 1.59. The van der Waals surface area contributed by atoms with E-state index in [2.05, 4.69) is 5.32 Å². The topological polar surface area (TPSA) is 77.0 Å². The minimum Gasteiger partial charge on any atom is -0.507 e. The molecule has 0 saturated carbocycles. The first-order valence-electron chi connectivity index (χ1n) is 8.11. The average Bonchev–Trinajstić information content (AvgIpc) is 2.66. The summed E-state index contributed by atoms with van der Waals surface area (Å²) in [6.45, 7) is 0.447. The third-order valence-electron chi connectivity index (χ3n) is 3.79. The van der Waals surface area contributed by atoms with Gasteiger partial charge >= 0.3 is 0 Å². The fourth-order valence-electron chi connectivity index (χ4n) is 2.46. The molecule has 26 heavy (non-hydrogen) atoms. The molecule has 0 aromatic heterocycles. The van der Waals surface area contributed by atoms with E-state index in [9.17, 15) is 9.90 Å². The highest BCUT2D eigenvalue weighted by Gasteiger charge is 2.13. The molecule has 6 nitrogen and oxygen atoms in total. The number of carbonyl (C=O) groups is 1. The molecule has 0 aliphatic heterocycles. The lowest BCUT2D eigenvalue weighted by molar-refractivity contribution is -0.116. The number of rotatable bonds is 8. The number of hydrogen-bond donors (Lipinski definition) is 2. The molecule has 0 atom stereocenters. The van der Waals surface area contributed by atoms with Crippen molar-refractivity contribution in [1.82, 2.24) is 5.32 Å². The quantitative estimate of drug-likeness (QED) is 0.711. The summed E-state index contributed by atoms with van der Waals surface area (Å²) in [5.41, 5.74) is 1.54. The Hall–Kier alpha value is -3.15. The van der Waals surface area contributed by atoms with Crippen molar-refractivity contribution in [2.24, 2.45) is 0 Å². The minimum absolute atomic E-state index is 0.133. The standard InChI is InChI=1S/C20H23NO5/c1-24-17-12-14(13-18(25-2)20(17)26-3)10-11-21-19(23)9-8-15-6-4-5-7-16(15)22/h4-9,12-13,22H,10-11H2,1-3H3,(H,21,23)/b9-8+. The highest BCUT2D eigenvalue weighted by Crippen LogP contribution is 2.38. The lowest BCUT2D eigenvalue weighted by Gasteiger charge is -2.14. The number of carbonyl (C=O) groups excluding carboxylic acids is 1. The van der Waals surface area contributed by atoms with Crippen LogP contribution in [0.4, 0.5) is 0 Å². The largest absolute Gasteiger partial charge is 0.507 e. The van der Waals surface area contributed by atoms with Crippen LogP contribution in [0.1, 0.15) is 11.1 Å². The highest BCUT2D eigenvalue weighted by molar-refractivity contribution is 5.92. The molecule has 2 aromatic rings. The molecule has 2 N–H and O–H groups in total. The zero-order valence-electron chi connectivity index (χ0n) is 15.1. The van der Waals surface area contributed by atoms with Gasteiger partial charge in [0.2, 0.25) is 11.7 Å². The van der Waals surface area contributed by atoms with Gasteiger partial charge in [-0.2, -0.15) is 0 Å². The van der Waals surface area contributed by atoms with E-state index in [0.29, 0.717) is 35.8 Å². The van der Waals surface area contributed by atoms with Crippen molar-refractivity contribution >= 4 is 12.0 Å². The molecule has 0 radical (unpaired) electrons. The van der Waals surface area contributed by atoms with Crippen molar-refractivity contribution in [2.75, 3.05) is 27.9 Å². The second kappa shape index (κ2) is 9.36. The van der Waals surface area contributed by atoms with Gasteiger partial charge in [0, 0.05) is 18.2 Å². The molecule has 1 amide bonds. The predicted octanol–water partition coefficient (Wildman–Crippen LogP) is 2.79. The average molecular weight is 357 g/mol. The molecule has 0 aliphatic carbocycles. The van der Waals surface area contributed by atoms with Gasteiger partial charge in [-0.15, -0.1) is 0 Å². The normalized spacial score (nSPS) is 10.6. The van der Waals surface area contributed by atoms with Crippen LogP contribution in [0.5, 0.6) is 23.0 Å². The second-order valence-electron chi connectivity index (χ2n) is 5.47. The Morgan fingerprint density at radius 1 is 1.08 bits per heavy atom. The number of aromatic hydroxyl groups is 1. The molecule has 138 valence electrons. The van der Waals surface area contributed by atoms with Gasteiger partial charge in [0.25, 0.3) is 0 Å². The van der Waals surface area contributed by atoms with Crippen molar-refractivity contribution in [3.8, 4) is 23.0 Å². The van der Waals surface area contributed by atoms with Gasteiger partial charge in [-0.1, -0.05) is 18.2 Å². The van der Waals surface area contributed by atoms with E-state index in [0.717, 1.165) is 5.56 Å². The molecular weight excluding hydrogens is 334 g/mol. The number of phenols is 1. The van der Waals surface area contributed by atoms with Gasteiger partial charge in [0.1, 0.15) is 5.75 Å². The molecule has 2 aromatic carbocycles. The van der Waals surface area contributed by atoms with Crippen LogP contribution in [0.25, 0.3) is 6.08 Å². The monoisotopic (exact) mass is 357 g/mol. The summed E-state index contributed by atoms with van der Waals surface area (Å²) in [4.78, 5) is 11.9. The Morgan fingerprint density at radius 3 is 2.31 bits per heavy atom. The van der Waals surface area contributed by atoms with Crippen LogP contribution in [0.3, 0.4) is 0 Å². The van der Waals surface area contributed by atoms with Crippen LogP contribution in [0.15, 0.2) is 42.5 Å². The van der Waals surface area contributed by atoms with E-state index in [1.165, 1.54) is 6.08 Å². The van der Waals surface area contributed by atoms with Crippen LogP contribution in [-0.2, 0) is 11.2 Å². The zero-order valence-corrected chi connectivity index (χ0v) is 15.1. The second-order valence-corrected chi connectivity index (χ2v) is 5.47. The molecule has 0 saturated heterocycles. The number of benzene rings is 2. The summed E-state index contributed by atoms with van der Waals surface area (Å²) < 4.78 is 15.9. The Labute approximate surface area is 153 Å². The zero-order chi connectivity index (χ0) is 18.9. The van der Waals surface area contributed by atoms with Crippen LogP contribution >= 0.6 is 0 Å². The lowest BCUT2D eigenvalue weighted by Crippen LogP contribution is -2.23. The third-order valence-corrected chi connectivity index (χ3v) is 3.79. The van der Waals surface area contributed by atoms with Crippen LogP contribution < -0.4 is 19.5 Å². The molecular formula is C20H23NO5. The van der Waals surface area contributed by atoms with Crippen molar-refractivity contribution in [2.45, 2.75) is 6.42 Å². The fourth-order valence-corrected chi connectivity index (χ4v) is 2.46. The molecule has 0 bridgehead atoms. The Kier molecular flexibility index (Phi) is 6.91. The number of para-hydroxylation sites is 1. The molecule has 0 fully saturated rings. The number of hydrogen-bond acceptors (Lipinski definition) is 5. The van der Waals surface area contributed by atoms with Crippen molar-refractivity contribution in [3.05, 3.63) is 53.6 Å². The van der Waals surface area contributed by atoms with Crippen molar-refractivity contribution in [3.63, 3.8) is 0 Å². The van der Waals surface area contributed by atoms with Crippen LogP contribution in [-0.4, -0.2) is 38.9 Å². The first kappa shape index (κ1) is 19.2. The van der Waals surface area contributed by atoms with Crippen molar-refractivity contribution in [1.29, 1.82) is 0 Å². The molecule has 6 heteroatoms. The fraction of sp³-hybridized carbons (Fsp3) is 0.250. The molecule has 0 unspecified atom stereocenters. The van der Waals surface area contributed by atoms with Gasteiger partial charge in [-0.05, 0) is 36.3 Å². The summed E-state index contributed by atoms with van der Waals surface area (Å²) >= 11 is 0. The van der Waals surface area contributed by atoms with Gasteiger partial charge in [0.05, 0.1) is 21.3 Å². The maximum atomic E-state index is 11.9. The number of ether oxygens (including phenoxy) is 3. The Bertz CT molecular complexity index is 761. The maximum absolute atomic E-state index is 11.9. The Balaban J connectivity index is 1.95. The van der Waals surface area contributed by atoms with Gasteiger partial charge < -0.3 is 24.6 Å². The van der Waals surface area contributed by atoms with E-state index < -0.39 is 0 Å². The summed E-state index contributed by atoms with van der Waals surface area (Å²) in [7, 11) is 4.68. The molecule has 2 rings (SSSR count). The van der Waals surface area contributed by atoms with Crippen LogP contribution in [0.2, 0.25) is 0 Å².